The topological polar surface area (TPSA) is 73.1 Å². The molecule has 1 aromatic carbocycles. The van der Waals surface area contributed by atoms with Crippen LogP contribution < -0.4 is 10.6 Å². The van der Waals surface area contributed by atoms with E-state index in [0.717, 1.165) is 11.1 Å². The molecule has 0 N–H and O–H groups in total. The zero-order valence-electron chi connectivity index (χ0n) is 18.9. The molecule has 3 heterocycles. The normalized spacial score (nSPS) is 14.2. The highest BCUT2D eigenvalue weighted by Gasteiger charge is 2.27. The number of alkyl halides is 3. The van der Waals surface area contributed by atoms with Gasteiger partial charge in [0.25, 0.3) is 0 Å². The van der Waals surface area contributed by atoms with Crippen LogP contribution >= 0.6 is 0 Å². The van der Waals surface area contributed by atoms with E-state index < -0.39 is 18.5 Å². The minimum Gasteiger partial charge on any atom is -0.366 e. The molecule has 0 bridgehead atoms. The quantitative estimate of drug-likeness (QED) is 0.469. The monoisotopic (exact) mass is 489 g/mol. The Kier molecular flexibility index (Phi) is 7.25. The van der Waals surface area contributed by atoms with Crippen molar-refractivity contribution in [3.05, 3.63) is 87.6 Å². The molecular weight excluding hydrogens is 466 g/mol. The van der Waals surface area contributed by atoms with Crippen LogP contribution in [0.1, 0.15) is 29.1 Å². The van der Waals surface area contributed by atoms with Crippen LogP contribution in [0.2, 0.25) is 0 Å². The predicted octanol–water partition coefficient (Wildman–Crippen LogP) is 3.90. The zero-order valence-corrected chi connectivity index (χ0v) is 18.9. The number of rotatable bonds is 7. The first-order chi connectivity index (χ1) is 16.7. The van der Waals surface area contributed by atoms with Gasteiger partial charge in [0.05, 0.1) is 18.8 Å². The predicted molar refractivity (Wildman–Crippen MR) is 121 cm³/mol. The molecule has 0 amide bonds. The lowest BCUT2D eigenvalue weighted by Gasteiger charge is -2.27. The van der Waals surface area contributed by atoms with Crippen molar-refractivity contribution in [1.29, 1.82) is 0 Å². The summed E-state index contributed by atoms with van der Waals surface area (Å²) in [5.41, 5.74) is 2.64. The molecule has 1 aliphatic rings. The maximum absolute atomic E-state index is 13.2. The van der Waals surface area contributed by atoms with Gasteiger partial charge in [-0.1, -0.05) is 24.3 Å². The Bertz CT molecular complexity index is 1250. The Morgan fingerprint density at radius 3 is 2.46 bits per heavy atom. The molecule has 3 aromatic rings. The molecule has 0 atom stereocenters. The molecule has 0 saturated heterocycles. The van der Waals surface area contributed by atoms with Gasteiger partial charge in [0.2, 0.25) is 5.95 Å². The van der Waals surface area contributed by atoms with E-state index in [1.54, 1.807) is 31.2 Å². The van der Waals surface area contributed by atoms with Crippen LogP contribution in [0.3, 0.4) is 0 Å². The second-order valence-electron chi connectivity index (χ2n) is 8.14. The number of aromatic nitrogens is 4. The number of nitrogens with zero attached hydrogens (tertiary/aromatic N) is 5. The van der Waals surface area contributed by atoms with Gasteiger partial charge < -0.3 is 9.64 Å². The largest absolute Gasteiger partial charge is 0.411 e. The first-order valence-electron chi connectivity index (χ1n) is 10.9. The van der Waals surface area contributed by atoms with E-state index in [0.29, 0.717) is 42.5 Å². The first-order valence-corrected chi connectivity index (χ1v) is 10.9. The Balaban J connectivity index is 1.40. The van der Waals surface area contributed by atoms with E-state index in [1.165, 1.54) is 22.9 Å². The van der Waals surface area contributed by atoms with Crippen LogP contribution in [0, 0.1) is 12.7 Å². The molecule has 0 saturated carbocycles. The van der Waals surface area contributed by atoms with Gasteiger partial charge in [-0.25, -0.2) is 9.18 Å². The summed E-state index contributed by atoms with van der Waals surface area (Å²) >= 11 is 0. The van der Waals surface area contributed by atoms with Gasteiger partial charge in [-0.15, -0.1) is 0 Å². The van der Waals surface area contributed by atoms with Crippen molar-refractivity contribution >= 4 is 11.5 Å². The second-order valence-corrected chi connectivity index (χ2v) is 8.14. The maximum Gasteiger partial charge on any atom is 0.411 e. The molecular formula is C24H23F4N5O2. The average molecular weight is 489 g/mol. The van der Waals surface area contributed by atoms with Crippen LogP contribution in [-0.2, 0) is 17.9 Å². The average Bonchev–Trinajstić information content (AvgIpc) is 2.82. The number of anilines is 1. The van der Waals surface area contributed by atoms with Gasteiger partial charge in [-0.2, -0.15) is 23.1 Å². The number of aryl methyl sites for hydroxylation is 1. The molecule has 35 heavy (non-hydrogen) atoms. The Labute approximate surface area is 198 Å². The summed E-state index contributed by atoms with van der Waals surface area (Å²) in [5.74, 6) is 0.539. The molecule has 4 rings (SSSR count). The summed E-state index contributed by atoms with van der Waals surface area (Å²) < 4.78 is 55.7. The molecule has 7 nitrogen and oxygen atoms in total. The van der Waals surface area contributed by atoms with E-state index in [1.807, 2.05) is 11.0 Å². The van der Waals surface area contributed by atoms with Crippen LogP contribution in [0.4, 0.5) is 23.5 Å². The number of hydrogen-bond acceptors (Lipinski definition) is 6. The molecule has 1 aliphatic heterocycles. The van der Waals surface area contributed by atoms with Crippen molar-refractivity contribution < 1.29 is 22.3 Å². The number of benzene rings is 1. The second kappa shape index (κ2) is 10.3. The lowest BCUT2D eigenvalue weighted by Crippen LogP contribution is -2.35. The van der Waals surface area contributed by atoms with Crippen molar-refractivity contribution in [3.63, 3.8) is 0 Å². The molecule has 0 unspecified atom stereocenters. The number of halogens is 4. The van der Waals surface area contributed by atoms with Crippen LogP contribution in [0.15, 0.2) is 53.5 Å². The van der Waals surface area contributed by atoms with Crippen molar-refractivity contribution in [2.24, 2.45) is 0 Å². The Morgan fingerprint density at radius 1 is 1.09 bits per heavy atom. The van der Waals surface area contributed by atoms with Crippen LogP contribution in [0.25, 0.3) is 5.57 Å². The first kappa shape index (κ1) is 24.5. The number of ether oxygens (including phenoxy) is 1. The van der Waals surface area contributed by atoms with E-state index in [2.05, 4.69) is 19.7 Å². The summed E-state index contributed by atoms with van der Waals surface area (Å²) in [6.45, 7) is 1.43. The lowest BCUT2D eigenvalue weighted by atomic mass is 10.00. The molecule has 0 aliphatic carbocycles. The lowest BCUT2D eigenvalue weighted by molar-refractivity contribution is -0.176. The van der Waals surface area contributed by atoms with Crippen molar-refractivity contribution in [3.8, 4) is 0 Å². The third-order valence-electron chi connectivity index (χ3n) is 5.53. The number of hydrogen-bond donors (Lipinski definition) is 0. The Hall–Kier alpha value is -3.60. The summed E-state index contributed by atoms with van der Waals surface area (Å²) in [5, 5.41) is 0. The molecule has 0 fully saturated rings. The van der Waals surface area contributed by atoms with E-state index >= 15 is 0 Å². The molecule has 0 radical (unpaired) electrons. The summed E-state index contributed by atoms with van der Waals surface area (Å²) in [7, 11) is 0. The molecule has 11 heteroatoms. The SMILES string of the molecule is Cc1nc(N2CC=C(c3ccc(F)cc3)CC2)nc(=O)n1Cc1ccc(COCC(F)(F)F)nc1. The third-order valence-corrected chi connectivity index (χ3v) is 5.53. The molecule has 2 aromatic heterocycles. The maximum atomic E-state index is 13.2. The van der Waals surface area contributed by atoms with Gasteiger partial charge >= 0.3 is 11.9 Å². The summed E-state index contributed by atoms with van der Waals surface area (Å²) in [4.78, 5) is 27.4. The van der Waals surface area contributed by atoms with Gasteiger partial charge in [-0.05, 0) is 48.2 Å². The zero-order chi connectivity index (χ0) is 25.0. The van der Waals surface area contributed by atoms with Crippen molar-refractivity contribution in [1.82, 2.24) is 19.5 Å². The van der Waals surface area contributed by atoms with E-state index in [9.17, 15) is 22.4 Å². The van der Waals surface area contributed by atoms with Gasteiger partial charge in [0.15, 0.2) is 0 Å². The fourth-order valence-corrected chi connectivity index (χ4v) is 3.70. The fraction of sp³-hybridized carbons (Fsp3) is 0.333. The van der Waals surface area contributed by atoms with Crippen molar-refractivity contribution in [2.45, 2.75) is 32.7 Å². The van der Waals surface area contributed by atoms with Crippen LogP contribution in [0.5, 0.6) is 0 Å². The summed E-state index contributed by atoms with van der Waals surface area (Å²) in [6, 6.07) is 9.58. The van der Waals surface area contributed by atoms with E-state index in [4.69, 9.17) is 0 Å². The molecule has 184 valence electrons. The van der Waals surface area contributed by atoms with Gasteiger partial charge in [0, 0.05) is 19.3 Å². The standard InChI is InChI=1S/C24H23F4N5O2/c1-16-30-22(32-10-8-19(9-11-32)18-3-5-20(25)6-4-18)31-23(34)33(16)13-17-2-7-21(29-12-17)14-35-15-24(26,27)28/h2-8,12H,9-11,13-15H2,1H3. The van der Waals surface area contributed by atoms with E-state index in [-0.39, 0.29) is 19.0 Å². The number of pyridine rings is 1. The highest BCUT2D eigenvalue weighted by Crippen LogP contribution is 2.24. The highest BCUT2D eigenvalue weighted by atomic mass is 19.4. The fourth-order valence-electron chi connectivity index (χ4n) is 3.70. The van der Waals surface area contributed by atoms with Crippen LogP contribution in [-0.4, -0.2) is 45.4 Å². The van der Waals surface area contributed by atoms with Gasteiger partial charge in [0.1, 0.15) is 18.2 Å². The Morgan fingerprint density at radius 2 is 1.86 bits per heavy atom. The minimum atomic E-state index is -4.39. The van der Waals surface area contributed by atoms with Crippen molar-refractivity contribution in [2.75, 3.05) is 24.6 Å². The third kappa shape index (κ3) is 6.50. The smallest absolute Gasteiger partial charge is 0.366 e. The summed E-state index contributed by atoms with van der Waals surface area (Å²) in [6.07, 6.45) is -0.174. The van der Waals surface area contributed by atoms with Gasteiger partial charge in [-0.3, -0.25) is 9.55 Å². The minimum absolute atomic E-state index is 0.177. The highest BCUT2D eigenvalue weighted by molar-refractivity contribution is 5.68. The molecule has 0 spiro atoms.